The van der Waals surface area contributed by atoms with Crippen molar-refractivity contribution in [3.63, 3.8) is 0 Å². The van der Waals surface area contributed by atoms with E-state index >= 15 is 0 Å². The first kappa shape index (κ1) is 25.3. The number of aryl methyl sites for hydroxylation is 1. The molecule has 0 aliphatic carbocycles. The first-order valence-corrected chi connectivity index (χ1v) is 10.5. The Morgan fingerprint density at radius 1 is 1.39 bits per heavy atom. The number of benzene rings is 1. The molecule has 8 nitrogen and oxygen atoms in total. The molecule has 2 heterocycles. The molecule has 1 aliphatic rings. The molecular weight excluding hydrogens is 514 g/mol. The van der Waals surface area contributed by atoms with Crippen LogP contribution in [0.3, 0.4) is 0 Å². The number of guanidine groups is 1. The minimum Gasteiger partial charge on any atom is -0.489 e. The van der Waals surface area contributed by atoms with Gasteiger partial charge in [-0.2, -0.15) is 0 Å². The van der Waals surface area contributed by atoms with Crippen LogP contribution in [0.2, 0.25) is 0 Å². The summed E-state index contributed by atoms with van der Waals surface area (Å²) in [5.74, 6) is 2.50. The van der Waals surface area contributed by atoms with Gasteiger partial charge in [-0.05, 0) is 38.3 Å². The van der Waals surface area contributed by atoms with Gasteiger partial charge in [-0.3, -0.25) is 0 Å². The monoisotopic (exact) mass is 546 g/mol. The predicted octanol–water partition coefficient (Wildman–Crippen LogP) is 2.95. The predicted molar refractivity (Wildman–Crippen MR) is 128 cm³/mol. The lowest BCUT2D eigenvalue weighted by Gasteiger charge is -2.21. The van der Waals surface area contributed by atoms with Crippen molar-refractivity contribution >= 4 is 29.9 Å². The van der Waals surface area contributed by atoms with Crippen LogP contribution in [-0.2, 0) is 18.3 Å². The third kappa shape index (κ3) is 7.91. The zero-order chi connectivity index (χ0) is 21.3. The Bertz CT molecular complexity index is 841. The summed E-state index contributed by atoms with van der Waals surface area (Å²) in [6.45, 7) is 6.37. The lowest BCUT2D eigenvalue weighted by Crippen LogP contribution is -2.44. The highest BCUT2D eigenvalue weighted by atomic mass is 127. The highest BCUT2D eigenvalue weighted by molar-refractivity contribution is 14.0. The molecular formula is C21H32FIN6O2. The van der Waals surface area contributed by atoms with Crippen LogP contribution in [0.15, 0.2) is 29.3 Å². The van der Waals surface area contributed by atoms with Crippen molar-refractivity contribution in [1.82, 2.24) is 25.4 Å². The number of hydrogen-bond donors (Lipinski definition) is 2. The van der Waals surface area contributed by atoms with Crippen molar-refractivity contribution in [1.29, 1.82) is 0 Å². The highest BCUT2D eigenvalue weighted by Crippen LogP contribution is 2.15. The minimum absolute atomic E-state index is 0. The number of aliphatic imine (C=N–C) groups is 1. The van der Waals surface area contributed by atoms with Crippen LogP contribution in [0.1, 0.15) is 37.8 Å². The number of hydrogen-bond acceptors (Lipinski definition) is 5. The molecule has 0 saturated carbocycles. The fourth-order valence-corrected chi connectivity index (χ4v) is 3.14. The van der Waals surface area contributed by atoms with Crippen LogP contribution < -0.4 is 15.4 Å². The molecule has 1 fully saturated rings. The molecule has 0 spiro atoms. The summed E-state index contributed by atoms with van der Waals surface area (Å²) in [6.07, 6.45) is 2.97. The topological polar surface area (TPSA) is 85.6 Å². The van der Waals surface area contributed by atoms with Crippen molar-refractivity contribution in [3.05, 3.63) is 41.7 Å². The lowest BCUT2D eigenvalue weighted by molar-refractivity contribution is 0.113. The van der Waals surface area contributed by atoms with Gasteiger partial charge in [-0.1, -0.05) is 13.0 Å². The van der Waals surface area contributed by atoms with Gasteiger partial charge < -0.3 is 24.7 Å². The summed E-state index contributed by atoms with van der Waals surface area (Å²) in [4.78, 5) is 4.66. The molecule has 0 bridgehead atoms. The van der Waals surface area contributed by atoms with Crippen LogP contribution in [0.5, 0.6) is 5.75 Å². The molecule has 2 aromatic rings. The Hall–Kier alpha value is -1.95. The molecule has 1 aromatic heterocycles. The number of aromatic nitrogens is 3. The maximum absolute atomic E-state index is 13.4. The van der Waals surface area contributed by atoms with E-state index in [0.717, 1.165) is 37.5 Å². The molecule has 1 saturated heterocycles. The Balaban J connectivity index is 0.00000341. The first-order chi connectivity index (χ1) is 14.5. The smallest absolute Gasteiger partial charge is 0.191 e. The number of halogens is 2. The van der Waals surface area contributed by atoms with Gasteiger partial charge in [0, 0.05) is 26.3 Å². The molecule has 31 heavy (non-hydrogen) atoms. The largest absolute Gasteiger partial charge is 0.489 e. The van der Waals surface area contributed by atoms with Crippen molar-refractivity contribution in [2.75, 3.05) is 19.7 Å². The number of nitrogens with zero attached hydrogens (tertiary/aromatic N) is 4. The Morgan fingerprint density at radius 3 is 2.87 bits per heavy atom. The molecule has 2 unspecified atom stereocenters. The van der Waals surface area contributed by atoms with E-state index in [2.05, 4.69) is 25.8 Å². The van der Waals surface area contributed by atoms with Gasteiger partial charge in [0.1, 0.15) is 30.0 Å². The van der Waals surface area contributed by atoms with E-state index in [1.165, 1.54) is 12.1 Å². The van der Waals surface area contributed by atoms with E-state index in [1.807, 2.05) is 25.5 Å². The van der Waals surface area contributed by atoms with Gasteiger partial charge in [0.2, 0.25) is 0 Å². The quantitative estimate of drug-likeness (QED) is 0.286. The van der Waals surface area contributed by atoms with Crippen molar-refractivity contribution in [3.8, 4) is 5.75 Å². The average Bonchev–Trinajstić information content (AvgIpc) is 3.37. The van der Waals surface area contributed by atoms with E-state index in [-0.39, 0.29) is 42.0 Å². The maximum atomic E-state index is 13.4. The average molecular weight is 546 g/mol. The first-order valence-electron chi connectivity index (χ1n) is 10.5. The number of ether oxygens (including phenoxy) is 2. The van der Waals surface area contributed by atoms with E-state index in [0.29, 0.717) is 31.3 Å². The normalized spacial score (nSPS) is 17.2. The molecule has 2 atom stereocenters. The van der Waals surface area contributed by atoms with Gasteiger partial charge in [-0.25, -0.2) is 9.38 Å². The summed E-state index contributed by atoms with van der Waals surface area (Å²) >= 11 is 0. The summed E-state index contributed by atoms with van der Waals surface area (Å²) in [5, 5.41) is 14.9. The number of nitrogens with one attached hydrogen (secondary N) is 2. The van der Waals surface area contributed by atoms with Crippen LogP contribution in [0.4, 0.5) is 4.39 Å². The molecule has 1 aromatic carbocycles. The second kappa shape index (κ2) is 12.8. The third-order valence-electron chi connectivity index (χ3n) is 5.13. The van der Waals surface area contributed by atoms with Gasteiger partial charge in [-0.15, -0.1) is 34.2 Å². The Labute approximate surface area is 200 Å². The van der Waals surface area contributed by atoms with Gasteiger partial charge in [0.15, 0.2) is 11.8 Å². The van der Waals surface area contributed by atoms with Crippen molar-refractivity contribution in [2.24, 2.45) is 12.0 Å². The summed E-state index contributed by atoms with van der Waals surface area (Å²) in [6, 6.07) is 6.19. The van der Waals surface area contributed by atoms with E-state index < -0.39 is 0 Å². The minimum atomic E-state index is -0.310. The standard InChI is InChI=1S/C21H31FN6O2.HI/c1-4-17(30-18-8-5-7-16(22)11-18)12-23-21(24-13-19-9-6-10-29-19)25-14-20-27-26-15(2)28(20)3;/h5,7-8,11,17,19H,4,6,9-10,12-14H2,1-3H3,(H2,23,24,25);1H. The van der Waals surface area contributed by atoms with Gasteiger partial charge in [0.05, 0.1) is 12.6 Å². The number of rotatable bonds is 9. The molecule has 2 N–H and O–H groups in total. The zero-order valence-corrected chi connectivity index (χ0v) is 20.6. The van der Waals surface area contributed by atoms with E-state index in [4.69, 9.17) is 9.47 Å². The fraction of sp³-hybridized carbons (Fsp3) is 0.571. The van der Waals surface area contributed by atoms with E-state index in [9.17, 15) is 4.39 Å². The third-order valence-corrected chi connectivity index (χ3v) is 5.13. The van der Waals surface area contributed by atoms with Crippen LogP contribution >= 0.6 is 24.0 Å². The molecule has 0 amide bonds. The Kier molecular flexibility index (Phi) is 10.4. The highest BCUT2D eigenvalue weighted by Gasteiger charge is 2.17. The molecule has 0 radical (unpaired) electrons. The second-order valence-corrected chi connectivity index (χ2v) is 7.39. The molecule has 172 valence electrons. The van der Waals surface area contributed by atoms with Crippen molar-refractivity contribution < 1.29 is 13.9 Å². The van der Waals surface area contributed by atoms with Gasteiger partial charge in [0.25, 0.3) is 0 Å². The molecule has 10 heteroatoms. The summed E-state index contributed by atoms with van der Waals surface area (Å²) < 4.78 is 27.0. The van der Waals surface area contributed by atoms with Crippen molar-refractivity contribution in [2.45, 2.75) is 51.9 Å². The van der Waals surface area contributed by atoms with Crippen LogP contribution in [0, 0.1) is 12.7 Å². The summed E-state index contributed by atoms with van der Waals surface area (Å²) in [7, 11) is 1.92. The maximum Gasteiger partial charge on any atom is 0.191 e. The Morgan fingerprint density at radius 2 is 2.23 bits per heavy atom. The fourth-order valence-electron chi connectivity index (χ4n) is 3.14. The summed E-state index contributed by atoms with van der Waals surface area (Å²) in [5.41, 5.74) is 0. The van der Waals surface area contributed by atoms with E-state index in [1.54, 1.807) is 12.1 Å². The van der Waals surface area contributed by atoms with Crippen LogP contribution in [0.25, 0.3) is 0 Å². The SMILES string of the molecule is CCC(CNC(=NCc1nnc(C)n1C)NCC1CCCO1)Oc1cccc(F)c1.I. The molecule has 3 rings (SSSR count). The molecule has 1 aliphatic heterocycles. The zero-order valence-electron chi connectivity index (χ0n) is 18.3. The second-order valence-electron chi connectivity index (χ2n) is 7.39. The van der Waals surface area contributed by atoms with Crippen LogP contribution in [-0.4, -0.2) is 52.6 Å². The lowest BCUT2D eigenvalue weighted by atomic mass is 10.2. The van der Waals surface area contributed by atoms with Gasteiger partial charge >= 0.3 is 0 Å².